The molecule has 0 aliphatic rings. The Morgan fingerprint density at radius 1 is 1.57 bits per heavy atom. The summed E-state index contributed by atoms with van der Waals surface area (Å²) in [5, 5.41) is 16.0. The largest absolute Gasteiger partial charge is 0.206 e. The number of thiophene rings is 1. The van der Waals surface area contributed by atoms with Crippen LogP contribution in [0.15, 0.2) is 15.7 Å². The summed E-state index contributed by atoms with van der Waals surface area (Å²) in [6.45, 7) is 2.18. The third kappa shape index (κ3) is 1.96. The SMILES string of the molecule is CCCSc1sccc1-c1nn[nH]n1. The lowest BCUT2D eigenvalue weighted by atomic mass is 10.3. The molecular formula is C8H10N4S2. The van der Waals surface area contributed by atoms with E-state index in [9.17, 15) is 0 Å². The molecule has 1 N–H and O–H groups in total. The summed E-state index contributed by atoms with van der Waals surface area (Å²) in [4.78, 5) is 0. The highest BCUT2D eigenvalue weighted by atomic mass is 32.2. The molecule has 2 rings (SSSR count). The van der Waals surface area contributed by atoms with E-state index in [1.54, 1.807) is 11.3 Å². The van der Waals surface area contributed by atoms with Crippen LogP contribution in [0, 0.1) is 0 Å². The van der Waals surface area contributed by atoms with Crippen molar-refractivity contribution in [2.75, 3.05) is 5.75 Å². The number of rotatable bonds is 4. The van der Waals surface area contributed by atoms with E-state index in [1.807, 2.05) is 17.8 Å². The van der Waals surface area contributed by atoms with Gasteiger partial charge in [-0.2, -0.15) is 5.21 Å². The average molecular weight is 226 g/mol. The Labute approximate surface area is 90.1 Å². The second kappa shape index (κ2) is 4.56. The normalized spacial score (nSPS) is 10.6. The smallest absolute Gasteiger partial charge is 0.177 e. The van der Waals surface area contributed by atoms with Crippen LogP contribution in [0.3, 0.4) is 0 Å². The number of aromatic amines is 1. The minimum atomic E-state index is 0.685. The van der Waals surface area contributed by atoms with Crippen LogP contribution in [0.1, 0.15) is 13.3 Å². The first-order valence-corrected chi connectivity index (χ1v) is 6.22. The average Bonchev–Trinajstić information content (AvgIpc) is 2.84. The summed E-state index contributed by atoms with van der Waals surface area (Å²) in [6, 6.07) is 2.04. The Hall–Kier alpha value is -0.880. The maximum Gasteiger partial charge on any atom is 0.206 e. The molecule has 0 bridgehead atoms. The Kier molecular flexibility index (Phi) is 3.15. The number of nitrogens with one attached hydrogen (secondary N) is 1. The van der Waals surface area contributed by atoms with Gasteiger partial charge < -0.3 is 0 Å². The fourth-order valence-corrected chi connectivity index (χ4v) is 3.05. The number of hydrogen-bond donors (Lipinski definition) is 1. The fraction of sp³-hybridized carbons (Fsp3) is 0.375. The van der Waals surface area contributed by atoms with Crippen LogP contribution >= 0.6 is 23.1 Å². The van der Waals surface area contributed by atoms with Gasteiger partial charge in [0.05, 0.1) is 4.21 Å². The first-order chi connectivity index (χ1) is 6.92. The van der Waals surface area contributed by atoms with Crippen molar-refractivity contribution in [2.24, 2.45) is 0 Å². The third-order valence-corrected chi connectivity index (χ3v) is 4.10. The van der Waals surface area contributed by atoms with Crippen LogP contribution in [0.2, 0.25) is 0 Å². The second-order valence-electron chi connectivity index (χ2n) is 2.71. The number of tetrazole rings is 1. The molecule has 2 aromatic rings. The van der Waals surface area contributed by atoms with Crippen molar-refractivity contribution < 1.29 is 0 Å². The fourth-order valence-electron chi connectivity index (χ4n) is 1.04. The summed E-state index contributed by atoms with van der Waals surface area (Å²) in [7, 11) is 0. The lowest BCUT2D eigenvalue weighted by molar-refractivity contribution is 0.881. The molecule has 0 atom stereocenters. The zero-order valence-electron chi connectivity index (χ0n) is 7.73. The maximum atomic E-state index is 3.97. The first kappa shape index (κ1) is 9.67. The topological polar surface area (TPSA) is 54.5 Å². The van der Waals surface area contributed by atoms with Gasteiger partial charge in [-0.1, -0.05) is 6.92 Å². The maximum absolute atomic E-state index is 3.97. The van der Waals surface area contributed by atoms with E-state index in [1.165, 1.54) is 10.6 Å². The molecule has 0 unspecified atom stereocenters. The van der Waals surface area contributed by atoms with Gasteiger partial charge in [-0.15, -0.1) is 33.3 Å². The van der Waals surface area contributed by atoms with Crippen LogP contribution < -0.4 is 0 Å². The molecule has 0 aromatic carbocycles. The molecule has 2 heterocycles. The zero-order valence-corrected chi connectivity index (χ0v) is 9.36. The van der Waals surface area contributed by atoms with Crippen molar-refractivity contribution in [3.05, 3.63) is 11.4 Å². The summed E-state index contributed by atoms with van der Waals surface area (Å²) in [6.07, 6.45) is 1.17. The molecule has 2 aromatic heterocycles. The standard InChI is InChI=1S/C8H10N4S2/c1-2-4-13-8-6(3-5-14-8)7-9-11-12-10-7/h3,5H,2,4H2,1H3,(H,9,10,11,12). The lowest BCUT2D eigenvalue weighted by Crippen LogP contribution is -1.80. The minimum absolute atomic E-state index is 0.685. The Bertz CT molecular complexity index is 382. The monoisotopic (exact) mass is 226 g/mol. The molecule has 0 saturated carbocycles. The molecule has 0 saturated heterocycles. The van der Waals surface area contributed by atoms with E-state index < -0.39 is 0 Å². The van der Waals surface area contributed by atoms with Gasteiger partial charge >= 0.3 is 0 Å². The van der Waals surface area contributed by atoms with E-state index >= 15 is 0 Å². The molecule has 0 aliphatic carbocycles. The molecule has 0 spiro atoms. The first-order valence-electron chi connectivity index (χ1n) is 4.36. The van der Waals surface area contributed by atoms with Gasteiger partial charge in [0.15, 0.2) is 0 Å². The highest BCUT2D eigenvalue weighted by Crippen LogP contribution is 2.34. The van der Waals surface area contributed by atoms with Gasteiger partial charge in [0.25, 0.3) is 0 Å². The van der Waals surface area contributed by atoms with Gasteiger partial charge in [-0.25, -0.2) is 0 Å². The van der Waals surface area contributed by atoms with Crippen LogP contribution in [0.4, 0.5) is 0 Å². The predicted octanol–water partition coefficient (Wildman–Crippen LogP) is 2.43. The van der Waals surface area contributed by atoms with E-state index in [4.69, 9.17) is 0 Å². The van der Waals surface area contributed by atoms with E-state index in [0.29, 0.717) is 5.82 Å². The predicted molar refractivity (Wildman–Crippen MR) is 58.5 cm³/mol. The minimum Gasteiger partial charge on any atom is -0.177 e. The van der Waals surface area contributed by atoms with Crippen molar-refractivity contribution in [3.63, 3.8) is 0 Å². The lowest BCUT2D eigenvalue weighted by Gasteiger charge is -1.97. The number of nitrogens with zero attached hydrogens (tertiary/aromatic N) is 3. The van der Waals surface area contributed by atoms with Crippen molar-refractivity contribution in [3.8, 4) is 11.4 Å². The number of aromatic nitrogens is 4. The molecule has 0 amide bonds. The molecule has 14 heavy (non-hydrogen) atoms. The summed E-state index contributed by atoms with van der Waals surface area (Å²) in [5.41, 5.74) is 1.09. The highest BCUT2D eigenvalue weighted by molar-refractivity contribution is 8.01. The van der Waals surface area contributed by atoms with Gasteiger partial charge in [0, 0.05) is 5.56 Å². The van der Waals surface area contributed by atoms with Crippen LogP contribution in [-0.4, -0.2) is 26.4 Å². The van der Waals surface area contributed by atoms with Gasteiger partial charge in [0.2, 0.25) is 5.82 Å². The molecule has 4 nitrogen and oxygen atoms in total. The van der Waals surface area contributed by atoms with E-state index in [2.05, 4.69) is 32.9 Å². The molecule has 0 radical (unpaired) electrons. The van der Waals surface area contributed by atoms with Crippen LogP contribution in [-0.2, 0) is 0 Å². The number of hydrogen-bond acceptors (Lipinski definition) is 5. The van der Waals surface area contributed by atoms with Crippen molar-refractivity contribution in [2.45, 2.75) is 17.6 Å². The van der Waals surface area contributed by atoms with Crippen molar-refractivity contribution >= 4 is 23.1 Å². The zero-order chi connectivity index (χ0) is 9.80. The summed E-state index contributed by atoms with van der Waals surface area (Å²) >= 11 is 3.58. The van der Waals surface area contributed by atoms with E-state index in [-0.39, 0.29) is 0 Å². The second-order valence-corrected chi connectivity index (χ2v) is 4.99. The van der Waals surface area contributed by atoms with Gasteiger partial charge in [-0.3, -0.25) is 0 Å². The summed E-state index contributed by atoms with van der Waals surface area (Å²) < 4.78 is 1.27. The van der Waals surface area contributed by atoms with E-state index in [0.717, 1.165) is 11.3 Å². The molecule has 0 fully saturated rings. The number of H-pyrrole nitrogens is 1. The van der Waals surface area contributed by atoms with Crippen molar-refractivity contribution in [1.29, 1.82) is 0 Å². The molecule has 74 valence electrons. The van der Waals surface area contributed by atoms with Gasteiger partial charge in [0.1, 0.15) is 0 Å². The highest BCUT2D eigenvalue weighted by Gasteiger charge is 2.10. The Morgan fingerprint density at radius 3 is 3.21 bits per heavy atom. The number of thioether (sulfide) groups is 1. The molecule has 6 heteroatoms. The van der Waals surface area contributed by atoms with Crippen molar-refractivity contribution in [1.82, 2.24) is 20.6 Å². The van der Waals surface area contributed by atoms with Crippen LogP contribution in [0.5, 0.6) is 0 Å². The summed E-state index contributed by atoms with van der Waals surface area (Å²) in [5.74, 6) is 1.82. The Balaban J connectivity index is 2.22. The molecule has 0 aliphatic heterocycles. The molecular weight excluding hydrogens is 216 g/mol. The quantitative estimate of drug-likeness (QED) is 0.813. The Morgan fingerprint density at radius 2 is 2.50 bits per heavy atom. The van der Waals surface area contributed by atoms with Gasteiger partial charge in [-0.05, 0) is 28.8 Å². The van der Waals surface area contributed by atoms with Crippen LogP contribution in [0.25, 0.3) is 11.4 Å². The third-order valence-electron chi connectivity index (χ3n) is 1.65.